The molecule has 38 heavy (non-hydrogen) atoms. The Morgan fingerprint density at radius 3 is 2.53 bits per heavy atom. The topological polar surface area (TPSA) is 110 Å². The van der Waals surface area contributed by atoms with Crippen molar-refractivity contribution in [2.45, 2.75) is 37.3 Å². The molecule has 1 aliphatic heterocycles. The fraction of sp³-hybridized carbons (Fsp3) is 0.304. The molecule has 2 N–H and O–H groups in total. The molecule has 5 heterocycles. The molecule has 0 spiro atoms. The van der Waals surface area contributed by atoms with Gasteiger partial charge in [-0.1, -0.05) is 0 Å². The van der Waals surface area contributed by atoms with Crippen LogP contribution in [0.3, 0.4) is 0 Å². The van der Waals surface area contributed by atoms with Gasteiger partial charge in [0.25, 0.3) is 0 Å². The molecule has 9 nitrogen and oxygen atoms in total. The van der Waals surface area contributed by atoms with Gasteiger partial charge in [-0.05, 0) is 25.5 Å². The number of fused-ring (bicyclic) bond motifs is 2. The molecule has 1 atom stereocenters. The number of nitrogens with one attached hydrogen (secondary N) is 2. The van der Waals surface area contributed by atoms with Gasteiger partial charge in [0.1, 0.15) is 28.6 Å². The van der Waals surface area contributed by atoms with E-state index in [-0.39, 0.29) is 40.2 Å². The molecule has 0 aromatic carbocycles. The van der Waals surface area contributed by atoms with E-state index in [1.165, 1.54) is 35.1 Å². The molecule has 15 heteroatoms. The Balaban J connectivity index is 1.59. The molecule has 4 aromatic rings. The number of nitrogens with zero attached hydrogens (tertiary/aromatic N) is 6. The molecule has 4 aromatic heterocycles. The highest BCUT2D eigenvalue weighted by Crippen LogP contribution is 2.45. The number of imidazole rings is 1. The van der Waals surface area contributed by atoms with Gasteiger partial charge in [0.15, 0.2) is 11.5 Å². The number of hydrogen-bond donors (Lipinski definition) is 2. The van der Waals surface area contributed by atoms with Crippen LogP contribution in [0.1, 0.15) is 30.3 Å². The van der Waals surface area contributed by atoms with Gasteiger partial charge in [0.05, 0.1) is 23.1 Å². The molecule has 0 saturated carbocycles. The highest BCUT2D eigenvalue weighted by atomic mass is 19.4. The van der Waals surface area contributed by atoms with Gasteiger partial charge in [0, 0.05) is 32.1 Å². The minimum Gasteiger partial charge on any atom is -0.373 e. The number of rotatable bonds is 6. The van der Waals surface area contributed by atoms with Crippen LogP contribution in [0, 0.1) is 5.82 Å². The number of amides is 1. The normalized spacial score (nSPS) is 17.5. The van der Waals surface area contributed by atoms with E-state index in [0.717, 1.165) is 6.20 Å². The largest absolute Gasteiger partial charge is 0.453 e. The van der Waals surface area contributed by atoms with Crippen LogP contribution in [0.2, 0.25) is 0 Å². The molecule has 0 saturated heterocycles. The first kappa shape index (κ1) is 25.4. The third-order valence-corrected chi connectivity index (χ3v) is 6.33. The molecule has 0 radical (unpaired) electrons. The monoisotopic (exact) mass is 536 g/mol. The predicted molar refractivity (Wildman–Crippen MR) is 122 cm³/mol. The maximum absolute atomic E-state index is 13.6. The average Bonchev–Trinajstić information content (AvgIpc) is 3.44. The smallest absolute Gasteiger partial charge is 0.373 e. The van der Waals surface area contributed by atoms with E-state index in [1.54, 1.807) is 14.0 Å². The van der Waals surface area contributed by atoms with Crippen LogP contribution in [0.15, 0.2) is 36.9 Å². The zero-order chi connectivity index (χ0) is 27.5. The Labute approximate surface area is 210 Å². The number of halogens is 6. The average molecular weight is 536 g/mol. The lowest BCUT2D eigenvalue weighted by molar-refractivity contribution is -0.284. The lowest BCUT2D eigenvalue weighted by atomic mass is 9.80. The van der Waals surface area contributed by atoms with Gasteiger partial charge < -0.3 is 15.0 Å². The van der Waals surface area contributed by atoms with Crippen molar-refractivity contribution in [1.29, 1.82) is 0 Å². The van der Waals surface area contributed by atoms with Crippen molar-refractivity contribution in [3.8, 4) is 11.5 Å². The zero-order valence-electron chi connectivity index (χ0n) is 19.7. The quantitative estimate of drug-likeness (QED) is 0.357. The van der Waals surface area contributed by atoms with Crippen molar-refractivity contribution in [2.24, 2.45) is 0 Å². The molecule has 5 rings (SSSR count). The number of carbonyl (C=O) groups is 1. The molecule has 0 aliphatic carbocycles. The summed E-state index contributed by atoms with van der Waals surface area (Å²) in [4.78, 5) is 34.2. The van der Waals surface area contributed by atoms with Crippen molar-refractivity contribution in [3.63, 3.8) is 0 Å². The first-order valence-corrected chi connectivity index (χ1v) is 11.2. The van der Waals surface area contributed by atoms with Crippen LogP contribution in [-0.2, 0) is 16.6 Å². The first-order valence-electron chi connectivity index (χ1n) is 11.2. The summed E-state index contributed by atoms with van der Waals surface area (Å²) in [6, 6.07) is 2.54. The third-order valence-electron chi connectivity index (χ3n) is 6.33. The Bertz CT molecular complexity index is 1550. The lowest BCUT2D eigenvalue weighted by Crippen LogP contribution is -2.36. The second-order valence-corrected chi connectivity index (χ2v) is 8.74. The Morgan fingerprint density at radius 1 is 1.11 bits per heavy atom. The summed E-state index contributed by atoms with van der Waals surface area (Å²) in [5.41, 5.74) is -0.769. The van der Waals surface area contributed by atoms with Crippen molar-refractivity contribution in [3.05, 3.63) is 59.7 Å². The third kappa shape index (κ3) is 3.97. The van der Waals surface area contributed by atoms with Gasteiger partial charge in [0.2, 0.25) is 5.91 Å². The number of aryl methyl sites for hydroxylation is 1. The minimum atomic E-state index is -5.70. The molecule has 0 fully saturated rings. The summed E-state index contributed by atoms with van der Waals surface area (Å²) in [5.74, 6) is -5.72. The Morgan fingerprint density at radius 2 is 1.87 bits per heavy atom. The Hall–Kier alpha value is -4.30. The predicted octanol–water partition coefficient (Wildman–Crippen LogP) is 4.15. The first-order chi connectivity index (χ1) is 17.8. The maximum Gasteiger partial charge on any atom is 0.453 e. The number of hydrogen-bond acceptors (Lipinski definition) is 7. The van der Waals surface area contributed by atoms with E-state index < -0.39 is 42.1 Å². The van der Waals surface area contributed by atoms with Crippen LogP contribution < -0.4 is 10.6 Å². The van der Waals surface area contributed by atoms with Gasteiger partial charge in [-0.3, -0.25) is 9.78 Å². The highest BCUT2D eigenvalue weighted by Gasteiger charge is 2.56. The van der Waals surface area contributed by atoms with Crippen molar-refractivity contribution in [1.82, 2.24) is 29.3 Å². The van der Waals surface area contributed by atoms with E-state index in [9.17, 15) is 31.1 Å². The van der Waals surface area contributed by atoms with Crippen molar-refractivity contribution < 1.29 is 31.1 Å². The van der Waals surface area contributed by atoms with Gasteiger partial charge >= 0.3 is 12.1 Å². The maximum atomic E-state index is 13.6. The van der Waals surface area contributed by atoms with Crippen LogP contribution in [0.5, 0.6) is 0 Å². The van der Waals surface area contributed by atoms with Crippen LogP contribution in [-0.4, -0.2) is 54.4 Å². The second-order valence-electron chi connectivity index (χ2n) is 8.74. The van der Waals surface area contributed by atoms with Crippen molar-refractivity contribution >= 4 is 23.2 Å². The van der Waals surface area contributed by atoms with E-state index in [2.05, 4.69) is 35.6 Å². The number of anilines is 2. The number of carbonyl (C=O) groups excluding carboxylic acids is 1. The fourth-order valence-electron chi connectivity index (χ4n) is 4.27. The van der Waals surface area contributed by atoms with E-state index in [1.807, 2.05) is 0 Å². The van der Waals surface area contributed by atoms with Crippen LogP contribution in [0.25, 0.3) is 17.2 Å². The summed E-state index contributed by atoms with van der Waals surface area (Å²) in [6.07, 6.45) is -2.73. The molecule has 0 bridgehead atoms. The zero-order valence-corrected chi connectivity index (χ0v) is 19.7. The standard InChI is InChI=1S/C23H18F6N8O/c1-21(14-4-3-11(24)9-32-14)15-17(30-2)34-16(35-18(15)36-20(21)38)13-10-37-8-7-31-19(37)12(33-13)5-6-22(25,26)23(27,28)29/h3-4,7-10H,5-6H2,1-2H3,(H2,30,34,35,36,38). The van der Waals surface area contributed by atoms with Gasteiger partial charge in [-0.25, -0.2) is 24.3 Å². The summed E-state index contributed by atoms with van der Waals surface area (Å²) >= 11 is 0. The molecular weight excluding hydrogens is 518 g/mol. The summed E-state index contributed by atoms with van der Waals surface area (Å²) in [7, 11) is 1.55. The van der Waals surface area contributed by atoms with Gasteiger partial charge in [-0.15, -0.1) is 0 Å². The fourth-order valence-corrected chi connectivity index (χ4v) is 4.27. The Kier molecular flexibility index (Phi) is 5.76. The van der Waals surface area contributed by atoms with E-state index in [0.29, 0.717) is 5.56 Å². The number of aromatic nitrogens is 6. The summed E-state index contributed by atoms with van der Waals surface area (Å²) < 4.78 is 80.2. The summed E-state index contributed by atoms with van der Waals surface area (Å²) in [6.45, 7) is 1.58. The number of alkyl halides is 5. The molecule has 1 aliphatic rings. The minimum absolute atomic E-state index is 0.0378. The van der Waals surface area contributed by atoms with E-state index in [4.69, 9.17) is 0 Å². The van der Waals surface area contributed by atoms with Crippen LogP contribution >= 0.6 is 0 Å². The molecule has 1 amide bonds. The number of pyridine rings is 1. The molecule has 198 valence electrons. The lowest BCUT2D eigenvalue weighted by Gasteiger charge is -2.23. The second kappa shape index (κ2) is 8.63. The summed E-state index contributed by atoms with van der Waals surface area (Å²) in [5, 5.41) is 5.55. The van der Waals surface area contributed by atoms with Crippen molar-refractivity contribution in [2.75, 3.05) is 17.7 Å². The SMILES string of the molecule is CNc1nc(-c2cn3ccnc3c(CCC(F)(F)C(F)(F)F)n2)nc2c1C(C)(c1ccc(F)cn1)C(=O)N2. The molecular formula is C23H18F6N8O. The van der Waals surface area contributed by atoms with Gasteiger partial charge in [-0.2, -0.15) is 22.0 Å². The van der Waals surface area contributed by atoms with Crippen LogP contribution in [0.4, 0.5) is 38.0 Å². The molecule has 1 unspecified atom stereocenters. The van der Waals surface area contributed by atoms with E-state index >= 15 is 0 Å². The highest BCUT2D eigenvalue weighted by molar-refractivity contribution is 6.09.